The van der Waals surface area contributed by atoms with E-state index in [1.807, 2.05) is 26.0 Å². The van der Waals surface area contributed by atoms with E-state index in [4.69, 9.17) is 0 Å². The molecule has 0 aliphatic carbocycles. The Morgan fingerprint density at radius 1 is 0.917 bits per heavy atom. The fraction of sp³-hybridized carbons (Fsp3) is 0.636. The minimum atomic E-state index is 0. The maximum absolute atomic E-state index is 4.58. The average Bonchev–Trinajstić information content (AvgIpc) is 2.44. The first-order valence-electron chi connectivity index (χ1n) is 4.20. The van der Waals surface area contributed by atoms with E-state index in [1.54, 1.807) is 12.5 Å². The number of hydrogen-bond donors (Lipinski definition) is 0. The van der Waals surface area contributed by atoms with Crippen LogP contribution >= 0.6 is 0 Å². The molecule has 0 saturated heterocycles. The van der Waals surface area contributed by atoms with Gasteiger partial charge in [-0.2, -0.15) is 0 Å². The van der Waals surface area contributed by atoms with Gasteiger partial charge in [-0.3, -0.25) is 0 Å². The fourth-order valence-electron chi connectivity index (χ4n) is 0.227. The Bertz CT molecular complexity index is 88.6. The minimum Gasteiger partial charge on any atom is -0.473 e. The van der Waals surface area contributed by atoms with Crippen molar-refractivity contribution in [2.45, 2.75) is 42.0 Å². The molecule has 0 saturated carbocycles. The van der Waals surface area contributed by atoms with Crippen LogP contribution in [0.15, 0.2) is 29.1 Å². The van der Waals surface area contributed by atoms with Gasteiger partial charge in [0.2, 0.25) is 0 Å². The van der Waals surface area contributed by atoms with Crippen molar-refractivity contribution in [3.05, 3.63) is 24.7 Å². The molecule has 1 rings (SSSR count). The summed E-state index contributed by atoms with van der Waals surface area (Å²) < 4.78 is 4.58. The monoisotopic (exact) mass is 172 g/mol. The molecule has 1 aromatic rings. The van der Waals surface area contributed by atoms with E-state index in [-0.39, 0.29) is 7.43 Å². The van der Waals surface area contributed by atoms with Gasteiger partial charge in [0.25, 0.3) is 0 Å². The Morgan fingerprint density at radius 2 is 1.17 bits per heavy atom. The van der Waals surface area contributed by atoms with E-state index >= 15 is 0 Å². The Morgan fingerprint density at radius 3 is 1.25 bits per heavy atom. The third-order valence-corrected chi connectivity index (χ3v) is 0.425. The van der Waals surface area contributed by atoms with Crippen LogP contribution in [-0.2, 0) is 0 Å². The average molecular weight is 172 g/mol. The molecular weight excluding hydrogens is 148 g/mol. The molecule has 1 heteroatoms. The van der Waals surface area contributed by atoms with E-state index in [0.717, 1.165) is 5.92 Å². The van der Waals surface area contributed by atoms with E-state index in [9.17, 15) is 0 Å². The molecule has 0 bridgehead atoms. The van der Waals surface area contributed by atoms with Gasteiger partial charge in [-0.05, 0) is 18.1 Å². The summed E-state index contributed by atoms with van der Waals surface area (Å²) in [6.45, 7) is 10.5. The molecule has 0 aliphatic heterocycles. The van der Waals surface area contributed by atoms with Crippen LogP contribution in [0.4, 0.5) is 0 Å². The predicted molar refractivity (Wildman–Crippen MR) is 57.3 cm³/mol. The van der Waals surface area contributed by atoms with Gasteiger partial charge < -0.3 is 4.42 Å². The Balaban J connectivity index is -0.000000107. The highest BCUT2D eigenvalue weighted by Crippen LogP contribution is 1.81. The fourth-order valence-corrected chi connectivity index (χ4v) is 0.227. The van der Waals surface area contributed by atoms with Gasteiger partial charge in [0.1, 0.15) is 0 Å². The molecular formula is C11H24O. The lowest BCUT2D eigenvalue weighted by molar-refractivity contribution is 0.567. The largest absolute Gasteiger partial charge is 0.473 e. The molecule has 1 nitrogen and oxygen atoms in total. The summed E-state index contributed by atoms with van der Waals surface area (Å²) in [6, 6.07) is 3.67. The second-order valence-electron chi connectivity index (χ2n) is 2.53. The van der Waals surface area contributed by atoms with Crippen molar-refractivity contribution in [2.24, 2.45) is 5.92 Å². The lowest BCUT2D eigenvalue weighted by Crippen LogP contribution is -1.66. The van der Waals surface area contributed by atoms with Crippen molar-refractivity contribution < 1.29 is 4.42 Å². The minimum absolute atomic E-state index is 0. The summed E-state index contributed by atoms with van der Waals surface area (Å²) >= 11 is 0. The zero-order valence-corrected chi connectivity index (χ0v) is 8.29. The van der Waals surface area contributed by atoms with Crippen molar-refractivity contribution in [2.75, 3.05) is 0 Å². The summed E-state index contributed by atoms with van der Waals surface area (Å²) in [5, 5.41) is 0. The Kier molecular flexibility index (Phi) is 24.2. The standard InChI is InChI=1S/C4H4O.C4H10.C2H6.CH4/c1-2-4-5-3-1;1-4(2)3;1-2;/h1-4H;4H,1-3H3;1-2H3;1H4. The highest BCUT2D eigenvalue weighted by Gasteiger charge is 1.68. The van der Waals surface area contributed by atoms with Gasteiger partial charge in [0.05, 0.1) is 12.5 Å². The molecule has 0 amide bonds. The van der Waals surface area contributed by atoms with Crippen LogP contribution in [-0.4, -0.2) is 0 Å². The zero-order valence-electron chi connectivity index (χ0n) is 8.29. The number of furan rings is 1. The number of hydrogen-bond acceptors (Lipinski definition) is 1. The summed E-state index contributed by atoms with van der Waals surface area (Å²) in [5.41, 5.74) is 0. The molecule has 1 heterocycles. The highest BCUT2D eigenvalue weighted by atomic mass is 16.3. The molecule has 74 valence electrons. The van der Waals surface area contributed by atoms with Crippen molar-refractivity contribution in [3.63, 3.8) is 0 Å². The van der Waals surface area contributed by atoms with Gasteiger partial charge in [0.15, 0.2) is 0 Å². The van der Waals surface area contributed by atoms with E-state index in [1.165, 1.54) is 0 Å². The van der Waals surface area contributed by atoms with Crippen LogP contribution in [0.2, 0.25) is 0 Å². The van der Waals surface area contributed by atoms with Crippen LogP contribution in [0.25, 0.3) is 0 Å². The molecule has 0 N–H and O–H groups in total. The van der Waals surface area contributed by atoms with Gasteiger partial charge in [-0.1, -0.05) is 42.0 Å². The van der Waals surface area contributed by atoms with Crippen molar-refractivity contribution in [1.29, 1.82) is 0 Å². The van der Waals surface area contributed by atoms with Gasteiger partial charge in [-0.15, -0.1) is 0 Å². The molecule has 0 radical (unpaired) electrons. The molecule has 0 fully saturated rings. The van der Waals surface area contributed by atoms with Crippen molar-refractivity contribution in [3.8, 4) is 0 Å². The quantitative estimate of drug-likeness (QED) is 0.557. The smallest absolute Gasteiger partial charge is 0.0902 e. The first kappa shape index (κ1) is 17.4. The lowest BCUT2D eigenvalue weighted by atomic mass is 10.3. The molecule has 0 aliphatic rings. The van der Waals surface area contributed by atoms with Crippen LogP contribution < -0.4 is 0 Å². The highest BCUT2D eigenvalue weighted by molar-refractivity contribution is 4.79. The molecule has 12 heavy (non-hydrogen) atoms. The molecule has 0 unspecified atom stereocenters. The summed E-state index contributed by atoms with van der Waals surface area (Å²) in [6.07, 6.45) is 3.25. The zero-order chi connectivity index (χ0) is 9.11. The van der Waals surface area contributed by atoms with E-state index < -0.39 is 0 Å². The number of rotatable bonds is 0. The third kappa shape index (κ3) is 34.7. The third-order valence-electron chi connectivity index (χ3n) is 0.425. The maximum atomic E-state index is 4.58. The normalized spacial score (nSPS) is 6.83. The van der Waals surface area contributed by atoms with Crippen LogP contribution in [0.1, 0.15) is 42.0 Å². The Hall–Kier alpha value is -0.720. The molecule has 1 aromatic heterocycles. The summed E-state index contributed by atoms with van der Waals surface area (Å²) in [7, 11) is 0. The lowest BCUT2D eigenvalue weighted by Gasteiger charge is -1.79. The van der Waals surface area contributed by atoms with Gasteiger partial charge >= 0.3 is 0 Å². The Labute approximate surface area is 77.8 Å². The molecule has 0 spiro atoms. The topological polar surface area (TPSA) is 13.1 Å². The van der Waals surface area contributed by atoms with Crippen LogP contribution in [0.3, 0.4) is 0 Å². The van der Waals surface area contributed by atoms with E-state index in [2.05, 4.69) is 25.2 Å². The second kappa shape index (κ2) is 16.7. The van der Waals surface area contributed by atoms with Crippen molar-refractivity contribution >= 4 is 0 Å². The summed E-state index contributed by atoms with van der Waals surface area (Å²) in [5.74, 6) is 0.833. The summed E-state index contributed by atoms with van der Waals surface area (Å²) in [4.78, 5) is 0. The van der Waals surface area contributed by atoms with Crippen molar-refractivity contribution in [1.82, 2.24) is 0 Å². The van der Waals surface area contributed by atoms with Crippen LogP contribution in [0, 0.1) is 5.92 Å². The first-order valence-corrected chi connectivity index (χ1v) is 4.20. The predicted octanol–water partition coefficient (Wildman–Crippen LogP) is 4.60. The maximum Gasteiger partial charge on any atom is 0.0902 e. The SMILES string of the molecule is C.CC.CC(C)C.c1ccoc1. The van der Waals surface area contributed by atoms with Crippen LogP contribution in [0.5, 0.6) is 0 Å². The molecule has 0 aromatic carbocycles. The molecule has 0 atom stereocenters. The van der Waals surface area contributed by atoms with Gasteiger partial charge in [-0.25, -0.2) is 0 Å². The van der Waals surface area contributed by atoms with E-state index in [0.29, 0.717) is 0 Å². The second-order valence-corrected chi connectivity index (χ2v) is 2.53. The van der Waals surface area contributed by atoms with Gasteiger partial charge in [0, 0.05) is 0 Å². The first-order chi connectivity index (χ1) is 5.23.